The molecule has 7 nitrogen and oxygen atoms in total. The van der Waals surface area contributed by atoms with Crippen LogP contribution in [0.3, 0.4) is 0 Å². The summed E-state index contributed by atoms with van der Waals surface area (Å²) in [7, 11) is 0. The van der Waals surface area contributed by atoms with Gasteiger partial charge in [0.2, 0.25) is 0 Å². The van der Waals surface area contributed by atoms with E-state index in [4.69, 9.17) is 24.5 Å². The van der Waals surface area contributed by atoms with Crippen LogP contribution in [0.25, 0.3) is 0 Å². The monoisotopic (exact) mass is 366 g/mol. The number of unbranched alkanes of at least 4 members (excludes halogenated alkanes) is 1. The van der Waals surface area contributed by atoms with E-state index in [1.165, 1.54) is 42.7 Å². The van der Waals surface area contributed by atoms with Gasteiger partial charge in [-0.2, -0.15) is 0 Å². The molecule has 7 heteroatoms. The number of aryl methyl sites for hydroxylation is 2. The zero-order valence-electron chi connectivity index (χ0n) is 15.9. The Morgan fingerprint density at radius 3 is 2.19 bits per heavy atom. The van der Waals surface area contributed by atoms with Crippen molar-refractivity contribution in [1.82, 2.24) is 10.2 Å². The van der Waals surface area contributed by atoms with Crippen LogP contribution in [0.4, 0.5) is 0 Å². The first-order valence-corrected chi connectivity index (χ1v) is 8.91. The number of ether oxygens (including phenoxy) is 1. The lowest BCUT2D eigenvalue weighted by Crippen LogP contribution is -2.43. The molecule has 0 aromatic heterocycles. The Kier molecular flexibility index (Phi) is 9.69. The molecule has 3 N–H and O–H groups in total. The third-order valence-electron chi connectivity index (χ3n) is 4.38. The molecule has 26 heavy (non-hydrogen) atoms. The van der Waals surface area contributed by atoms with Gasteiger partial charge < -0.3 is 25.2 Å². The van der Waals surface area contributed by atoms with Crippen molar-refractivity contribution in [2.24, 2.45) is 0 Å². The Bertz CT molecular complexity index is 586. The summed E-state index contributed by atoms with van der Waals surface area (Å²) in [6, 6.07) is 4.32. The lowest BCUT2D eigenvalue weighted by Gasteiger charge is -2.27. The van der Waals surface area contributed by atoms with Crippen molar-refractivity contribution in [3.63, 3.8) is 0 Å². The molecule has 0 spiro atoms. The Balaban J connectivity index is 0.000000487. The second-order valence-corrected chi connectivity index (χ2v) is 6.41. The van der Waals surface area contributed by atoms with Gasteiger partial charge in [0.1, 0.15) is 5.75 Å². The molecule has 1 aliphatic heterocycles. The van der Waals surface area contributed by atoms with Crippen LogP contribution in [0.2, 0.25) is 0 Å². The van der Waals surface area contributed by atoms with E-state index in [2.05, 4.69) is 43.1 Å². The van der Waals surface area contributed by atoms with Crippen LogP contribution in [-0.4, -0.2) is 66.4 Å². The summed E-state index contributed by atoms with van der Waals surface area (Å²) in [5.41, 5.74) is 3.84. The fourth-order valence-corrected chi connectivity index (χ4v) is 2.69. The molecular weight excluding hydrogens is 336 g/mol. The van der Waals surface area contributed by atoms with Crippen molar-refractivity contribution in [3.05, 3.63) is 28.8 Å². The predicted octanol–water partition coefficient (Wildman–Crippen LogP) is 1.83. The van der Waals surface area contributed by atoms with E-state index in [1.807, 2.05) is 0 Å². The maximum Gasteiger partial charge on any atom is 0.414 e. The molecule has 146 valence electrons. The normalized spacial score (nSPS) is 14.3. The van der Waals surface area contributed by atoms with Crippen LogP contribution >= 0.6 is 0 Å². The van der Waals surface area contributed by atoms with Crippen LogP contribution in [0.1, 0.15) is 29.5 Å². The Morgan fingerprint density at radius 1 is 1.04 bits per heavy atom. The third-order valence-corrected chi connectivity index (χ3v) is 4.38. The maximum absolute atomic E-state index is 9.10. The molecule has 0 unspecified atom stereocenters. The zero-order chi connectivity index (χ0) is 19.5. The van der Waals surface area contributed by atoms with Crippen molar-refractivity contribution in [3.8, 4) is 5.75 Å². The highest BCUT2D eigenvalue weighted by Crippen LogP contribution is 2.25. The number of carboxylic acid groups (broad SMARTS) is 2. The smallest absolute Gasteiger partial charge is 0.414 e. The molecule has 0 atom stereocenters. The van der Waals surface area contributed by atoms with Gasteiger partial charge in [0, 0.05) is 26.2 Å². The molecule has 0 saturated carbocycles. The second-order valence-electron chi connectivity index (χ2n) is 6.41. The average molecular weight is 366 g/mol. The second kappa shape index (κ2) is 11.5. The first kappa shape index (κ1) is 21.9. The average Bonchev–Trinajstić information content (AvgIpc) is 2.62. The molecule has 0 aliphatic carbocycles. The number of nitrogens with zero attached hydrogens (tertiary/aromatic N) is 1. The van der Waals surface area contributed by atoms with E-state index in [-0.39, 0.29) is 0 Å². The van der Waals surface area contributed by atoms with Gasteiger partial charge in [0.15, 0.2) is 0 Å². The molecule has 0 radical (unpaired) electrons. The summed E-state index contributed by atoms with van der Waals surface area (Å²) >= 11 is 0. The molecule has 1 heterocycles. The van der Waals surface area contributed by atoms with Crippen molar-refractivity contribution in [1.29, 1.82) is 0 Å². The lowest BCUT2D eigenvalue weighted by atomic mass is 10.1. The third kappa shape index (κ3) is 7.84. The quantitative estimate of drug-likeness (QED) is 0.522. The number of hydrogen-bond acceptors (Lipinski definition) is 5. The molecule has 1 saturated heterocycles. The van der Waals surface area contributed by atoms with Gasteiger partial charge in [-0.3, -0.25) is 0 Å². The minimum absolute atomic E-state index is 0.831. The number of carboxylic acids is 2. The van der Waals surface area contributed by atoms with Crippen LogP contribution in [0.5, 0.6) is 5.75 Å². The number of aliphatic carboxylic acids is 2. The van der Waals surface area contributed by atoms with Gasteiger partial charge in [-0.15, -0.1) is 0 Å². The van der Waals surface area contributed by atoms with E-state index < -0.39 is 11.9 Å². The minimum Gasteiger partial charge on any atom is -0.493 e. The molecule has 1 aromatic rings. The number of rotatable bonds is 6. The van der Waals surface area contributed by atoms with Gasteiger partial charge in [-0.05, 0) is 56.8 Å². The lowest BCUT2D eigenvalue weighted by molar-refractivity contribution is -0.159. The Hall–Kier alpha value is -2.12. The number of nitrogens with one attached hydrogen (secondary N) is 1. The zero-order valence-corrected chi connectivity index (χ0v) is 15.9. The van der Waals surface area contributed by atoms with Crippen molar-refractivity contribution < 1.29 is 24.5 Å². The van der Waals surface area contributed by atoms with Crippen LogP contribution in [-0.2, 0) is 9.59 Å². The highest BCUT2D eigenvalue weighted by Gasteiger charge is 2.09. The van der Waals surface area contributed by atoms with E-state index in [9.17, 15) is 0 Å². The topological polar surface area (TPSA) is 99.1 Å². The summed E-state index contributed by atoms with van der Waals surface area (Å²) in [6.45, 7) is 13.1. The van der Waals surface area contributed by atoms with E-state index >= 15 is 0 Å². The first-order chi connectivity index (χ1) is 12.3. The molecule has 1 fully saturated rings. The molecule has 2 rings (SSSR count). The largest absolute Gasteiger partial charge is 0.493 e. The predicted molar refractivity (Wildman–Crippen MR) is 100.0 cm³/mol. The molecule has 0 amide bonds. The van der Waals surface area contributed by atoms with Crippen LogP contribution < -0.4 is 10.1 Å². The highest BCUT2D eigenvalue weighted by atomic mass is 16.5. The fourth-order valence-electron chi connectivity index (χ4n) is 2.69. The number of benzene rings is 1. The standard InChI is InChI=1S/C17H28N2O.C2H2O4/c1-14-6-7-15(2)17(16(14)3)20-13-5-4-10-19-11-8-18-9-12-19;3-1(4)2(5)6/h6-7,18H,4-5,8-13H2,1-3H3;(H,3,4)(H,5,6). The highest BCUT2D eigenvalue weighted by molar-refractivity contribution is 6.27. The van der Waals surface area contributed by atoms with Gasteiger partial charge in [-0.25, -0.2) is 9.59 Å². The van der Waals surface area contributed by atoms with Gasteiger partial charge in [0.25, 0.3) is 0 Å². The van der Waals surface area contributed by atoms with E-state index in [0.717, 1.165) is 31.9 Å². The van der Waals surface area contributed by atoms with Gasteiger partial charge in [0.05, 0.1) is 6.61 Å². The van der Waals surface area contributed by atoms with Crippen LogP contribution in [0.15, 0.2) is 12.1 Å². The van der Waals surface area contributed by atoms with Crippen molar-refractivity contribution in [2.45, 2.75) is 33.6 Å². The number of carbonyl (C=O) groups is 2. The van der Waals surface area contributed by atoms with Crippen molar-refractivity contribution in [2.75, 3.05) is 39.3 Å². The molecule has 1 aliphatic rings. The van der Waals surface area contributed by atoms with Gasteiger partial charge in [-0.1, -0.05) is 12.1 Å². The number of piperazine rings is 1. The van der Waals surface area contributed by atoms with E-state index in [0.29, 0.717) is 0 Å². The minimum atomic E-state index is -1.82. The maximum atomic E-state index is 9.10. The SMILES string of the molecule is Cc1ccc(C)c(OCCCCN2CCNCC2)c1C.O=C(O)C(=O)O. The van der Waals surface area contributed by atoms with Gasteiger partial charge >= 0.3 is 11.9 Å². The molecule has 0 bridgehead atoms. The summed E-state index contributed by atoms with van der Waals surface area (Å²) in [5.74, 6) is -2.56. The van der Waals surface area contributed by atoms with E-state index in [1.54, 1.807) is 0 Å². The fraction of sp³-hybridized carbons (Fsp3) is 0.579. The summed E-state index contributed by atoms with van der Waals surface area (Å²) in [6.07, 6.45) is 2.36. The summed E-state index contributed by atoms with van der Waals surface area (Å²) < 4.78 is 6.01. The Labute approximate surface area is 155 Å². The van der Waals surface area contributed by atoms with Crippen molar-refractivity contribution >= 4 is 11.9 Å². The first-order valence-electron chi connectivity index (χ1n) is 8.91. The molecular formula is C19H30N2O5. The Morgan fingerprint density at radius 2 is 1.62 bits per heavy atom. The summed E-state index contributed by atoms with van der Waals surface area (Å²) in [5, 5.41) is 18.2. The van der Waals surface area contributed by atoms with Crippen LogP contribution in [0, 0.1) is 20.8 Å². The number of hydrogen-bond donors (Lipinski definition) is 3. The molecule has 1 aromatic carbocycles. The summed E-state index contributed by atoms with van der Waals surface area (Å²) in [4.78, 5) is 20.7.